The van der Waals surface area contributed by atoms with Crippen LogP contribution in [0.15, 0.2) is 0 Å². The minimum absolute atomic E-state index is 0.306. The van der Waals surface area contributed by atoms with Gasteiger partial charge >= 0.3 is 0 Å². The minimum atomic E-state index is 0.306. The summed E-state index contributed by atoms with van der Waals surface area (Å²) in [5.41, 5.74) is 6.06. The largest absolute Gasteiger partial charge is 0.330 e. The molecule has 0 aliphatic heterocycles. The Bertz CT molecular complexity index is 174. The molecule has 0 aromatic rings. The predicted molar refractivity (Wildman–Crippen MR) is 73.6 cm³/mol. The Morgan fingerprint density at radius 3 is 2.06 bits per heavy atom. The van der Waals surface area contributed by atoms with Gasteiger partial charge in [0.15, 0.2) is 0 Å². The Balaban J connectivity index is 3.94. The van der Waals surface area contributed by atoms with Crippen molar-refractivity contribution in [2.24, 2.45) is 17.1 Å². The maximum Gasteiger partial charge on any atom is 0.00387 e. The first-order valence-electron chi connectivity index (χ1n) is 6.72. The molecular formula is C14H32N2. The fourth-order valence-electron chi connectivity index (χ4n) is 1.89. The molecule has 2 nitrogen and oxygen atoms in total. The molecule has 16 heavy (non-hydrogen) atoms. The van der Waals surface area contributed by atoms with Crippen LogP contribution in [0.25, 0.3) is 0 Å². The lowest BCUT2D eigenvalue weighted by atomic mass is 9.88. The first-order chi connectivity index (χ1) is 7.28. The molecule has 0 rings (SSSR count). The fraction of sp³-hybridized carbons (Fsp3) is 1.00. The summed E-state index contributed by atoms with van der Waals surface area (Å²) in [5, 5.41) is 0. The monoisotopic (exact) mass is 228 g/mol. The van der Waals surface area contributed by atoms with Gasteiger partial charge in [0.05, 0.1) is 0 Å². The van der Waals surface area contributed by atoms with Gasteiger partial charge in [-0.15, -0.1) is 0 Å². The standard InChI is InChI=1S/C14H32N2/c1-12(2)10-16(13(3)4)9-7-8-14(5,6)11-15/h12-13H,7-11,15H2,1-6H3. The van der Waals surface area contributed by atoms with Crippen molar-refractivity contribution in [3.8, 4) is 0 Å². The molecule has 98 valence electrons. The topological polar surface area (TPSA) is 29.3 Å². The SMILES string of the molecule is CC(C)CN(CCCC(C)(C)CN)C(C)C. The van der Waals surface area contributed by atoms with Crippen molar-refractivity contribution in [2.75, 3.05) is 19.6 Å². The van der Waals surface area contributed by atoms with E-state index >= 15 is 0 Å². The Hall–Kier alpha value is -0.0800. The predicted octanol–water partition coefficient (Wildman–Crippen LogP) is 3.12. The van der Waals surface area contributed by atoms with Gasteiger partial charge in [-0.25, -0.2) is 0 Å². The van der Waals surface area contributed by atoms with Gasteiger partial charge in [0.1, 0.15) is 0 Å². The van der Waals surface area contributed by atoms with Gasteiger partial charge in [0.25, 0.3) is 0 Å². The normalized spacial score (nSPS) is 13.1. The third-order valence-corrected chi connectivity index (χ3v) is 3.18. The van der Waals surface area contributed by atoms with E-state index in [2.05, 4.69) is 46.4 Å². The zero-order chi connectivity index (χ0) is 12.8. The smallest absolute Gasteiger partial charge is 0.00387 e. The molecule has 0 unspecified atom stereocenters. The maximum atomic E-state index is 5.75. The van der Waals surface area contributed by atoms with E-state index in [4.69, 9.17) is 5.73 Å². The summed E-state index contributed by atoms with van der Waals surface area (Å²) in [4.78, 5) is 2.58. The highest BCUT2D eigenvalue weighted by Gasteiger charge is 2.17. The van der Waals surface area contributed by atoms with E-state index in [0.717, 1.165) is 12.5 Å². The summed E-state index contributed by atoms with van der Waals surface area (Å²) in [7, 11) is 0. The van der Waals surface area contributed by atoms with Crippen molar-refractivity contribution in [2.45, 2.75) is 60.4 Å². The Morgan fingerprint density at radius 1 is 1.12 bits per heavy atom. The molecule has 0 amide bonds. The summed E-state index contributed by atoms with van der Waals surface area (Å²) in [6.07, 6.45) is 2.49. The Morgan fingerprint density at radius 2 is 1.69 bits per heavy atom. The molecule has 0 aromatic heterocycles. The van der Waals surface area contributed by atoms with Gasteiger partial charge in [-0.2, -0.15) is 0 Å². The second-order valence-corrected chi connectivity index (χ2v) is 6.45. The van der Waals surface area contributed by atoms with Gasteiger partial charge in [0, 0.05) is 12.6 Å². The summed E-state index contributed by atoms with van der Waals surface area (Å²) in [6.45, 7) is 16.9. The van der Waals surface area contributed by atoms with Crippen LogP contribution in [0.2, 0.25) is 0 Å². The molecule has 0 bridgehead atoms. The van der Waals surface area contributed by atoms with E-state index in [1.807, 2.05) is 0 Å². The zero-order valence-electron chi connectivity index (χ0n) is 12.2. The highest BCUT2D eigenvalue weighted by Crippen LogP contribution is 2.20. The second-order valence-electron chi connectivity index (χ2n) is 6.45. The molecule has 2 heteroatoms. The number of hydrogen-bond donors (Lipinski definition) is 1. The average Bonchev–Trinajstić information content (AvgIpc) is 2.15. The van der Waals surface area contributed by atoms with E-state index < -0.39 is 0 Å². The molecule has 0 fully saturated rings. The van der Waals surface area contributed by atoms with E-state index in [0.29, 0.717) is 11.5 Å². The van der Waals surface area contributed by atoms with Crippen LogP contribution in [0.1, 0.15) is 54.4 Å². The molecule has 0 aromatic carbocycles. The number of rotatable bonds is 8. The fourth-order valence-corrected chi connectivity index (χ4v) is 1.89. The summed E-state index contributed by atoms with van der Waals surface area (Å²) < 4.78 is 0. The van der Waals surface area contributed by atoms with E-state index in [1.165, 1.54) is 25.9 Å². The van der Waals surface area contributed by atoms with Gasteiger partial charge in [0.2, 0.25) is 0 Å². The van der Waals surface area contributed by atoms with Crippen LogP contribution in [0, 0.1) is 11.3 Å². The summed E-state index contributed by atoms with van der Waals surface area (Å²) >= 11 is 0. The van der Waals surface area contributed by atoms with E-state index in [9.17, 15) is 0 Å². The van der Waals surface area contributed by atoms with Crippen molar-refractivity contribution in [3.05, 3.63) is 0 Å². The lowest BCUT2D eigenvalue weighted by molar-refractivity contribution is 0.183. The summed E-state index contributed by atoms with van der Waals surface area (Å²) in [6, 6.07) is 0.656. The number of hydrogen-bond acceptors (Lipinski definition) is 2. The van der Waals surface area contributed by atoms with Gasteiger partial charge in [-0.05, 0) is 51.1 Å². The Kier molecular flexibility index (Phi) is 7.25. The molecule has 0 saturated heterocycles. The lowest BCUT2D eigenvalue weighted by Crippen LogP contribution is -2.35. The first-order valence-corrected chi connectivity index (χ1v) is 6.72. The third kappa shape index (κ3) is 7.24. The van der Waals surface area contributed by atoms with Crippen LogP contribution >= 0.6 is 0 Å². The van der Waals surface area contributed by atoms with Crippen LogP contribution in [0.4, 0.5) is 0 Å². The van der Waals surface area contributed by atoms with Crippen LogP contribution in [0.3, 0.4) is 0 Å². The third-order valence-electron chi connectivity index (χ3n) is 3.18. The quantitative estimate of drug-likeness (QED) is 0.691. The van der Waals surface area contributed by atoms with Gasteiger partial charge in [-0.3, -0.25) is 0 Å². The molecule has 0 heterocycles. The molecule has 0 aliphatic carbocycles. The maximum absolute atomic E-state index is 5.75. The molecule has 0 saturated carbocycles. The summed E-state index contributed by atoms with van der Waals surface area (Å²) in [5.74, 6) is 0.755. The number of nitrogens with two attached hydrogens (primary N) is 1. The van der Waals surface area contributed by atoms with Crippen LogP contribution in [-0.2, 0) is 0 Å². The second kappa shape index (κ2) is 7.29. The highest BCUT2D eigenvalue weighted by atomic mass is 15.1. The minimum Gasteiger partial charge on any atom is -0.330 e. The molecule has 0 radical (unpaired) electrons. The zero-order valence-corrected chi connectivity index (χ0v) is 12.2. The van der Waals surface area contributed by atoms with Gasteiger partial charge < -0.3 is 10.6 Å². The van der Waals surface area contributed by atoms with Crippen LogP contribution in [-0.4, -0.2) is 30.6 Å². The van der Waals surface area contributed by atoms with Gasteiger partial charge in [-0.1, -0.05) is 27.7 Å². The van der Waals surface area contributed by atoms with Crippen LogP contribution < -0.4 is 5.73 Å². The highest BCUT2D eigenvalue weighted by molar-refractivity contribution is 4.71. The van der Waals surface area contributed by atoms with Crippen molar-refractivity contribution in [1.29, 1.82) is 0 Å². The number of nitrogens with zero attached hydrogens (tertiary/aromatic N) is 1. The Labute approximate surface area is 103 Å². The van der Waals surface area contributed by atoms with Crippen molar-refractivity contribution >= 4 is 0 Å². The van der Waals surface area contributed by atoms with Crippen molar-refractivity contribution < 1.29 is 0 Å². The van der Waals surface area contributed by atoms with E-state index in [1.54, 1.807) is 0 Å². The van der Waals surface area contributed by atoms with Crippen molar-refractivity contribution in [1.82, 2.24) is 4.90 Å². The lowest BCUT2D eigenvalue weighted by Gasteiger charge is -2.30. The van der Waals surface area contributed by atoms with Crippen LogP contribution in [0.5, 0.6) is 0 Å². The molecular weight excluding hydrogens is 196 g/mol. The average molecular weight is 228 g/mol. The molecule has 0 aliphatic rings. The molecule has 2 N–H and O–H groups in total. The first kappa shape index (κ1) is 15.9. The molecule has 0 spiro atoms. The van der Waals surface area contributed by atoms with Crippen molar-refractivity contribution in [3.63, 3.8) is 0 Å². The molecule has 0 atom stereocenters. The van der Waals surface area contributed by atoms with E-state index in [-0.39, 0.29) is 0 Å².